The minimum absolute atomic E-state index is 0.130. The molecule has 7 heteroatoms. The van der Waals surface area contributed by atoms with Crippen LogP contribution in [0.3, 0.4) is 0 Å². The molecule has 0 aliphatic carbocycles. The molecule has 0 aromatic carbocycles. The Morgan fingerprint density at radius 2 is 2.24 bits per heavy atom. The van der Waals surface area contributed by atoms with Gasteiger partial charge in [0.15, 0.2) is 0 Å². The molecule has 0 atom stereocenters. The molecular weight excluding hydrogens is 240 g/mol. The molecule has 0 saturated heterocycles. The third kappa shape index (κ3) is 6.30. The Labute approximate surface area is 102 Å². The summed E-state index contributed by atoms with van der Waals surface area (Å²) in [6.45, 7) is 3.77. The maximum absolute atomic E-state index is 11.6. The standard InChI is InChI=1S/C10H18N4O2S/c1-2-11-5-3-7-17(15,16)14-8-10-4-6-12-9-13-10/h4,6,9,11,14H,2-3,5,7-8H2,1H3. The van der Waals surface area contributed by atoms with Gasteiger partial charge in [-0.1, -0.05) is 6.92 Å². The van der Waals surface area contributed by atoms with Gasteiger partial charge in [-0.25, -0.2) is 23.1 Å². The number of hydrogen-bond acceptors (Lipinski definition) is 5. The highest BCUT2D eigenvalue weighted by Crippen LogP contribution is 1.94. The van der Waals surface area contributed by atoms with E-state index in [1.807, 2.05) is 6.92 Å². The van der Waals surface area contributed by atoms with Gasteiger partial charge in [0, 0.05) is 6.20 Å². The predicted molar refractivity (Wildman–Crippen MR) is 65.8 cm³/mol. The summed E-state index contributed by atoms with van der Waals surface area (Å²) in [5, 5.41) is 3.08. The van der Waals surface area contributed by atoms with Gasteiger partial charge in [-0.3, -0.25) is 0 Å². The van der Waals surface area contributed by atoms with Gasteiger partial charge in [0.05, 0.1) is 18.0 Å². The number of hydrogen-bond donors (Lipinski definition) is 2. The van der Waals surface area contributed by atoms with E-state index in [0.29, 0.717) is 18.7 Å². The molecule has 1 rings (SSSR count). The summed E-state index contributed by atoms with van der Waals surface area (Å²) in [6, 6.07) is 1.68. The van der Waals surface area contributed by atoms with Crippen LogP contribution in [-0.2, 0) is 16.6 Å². The topological polar surface area (TPSA) is 84.0 Å². The molecule has 0 spiro atoms. The lowest BCUT2D eigenvalue weighted by atomic mass is 10.4. The molecular formula is C10H18N4O2S. The molecule has 1 heterocycles. The first-order valence-electron chi connectivity index (χ1n) is 5.57. The number of aromatic nitrogens is 2. The molecule has 1 aromatic heterocycles. The van der Waals surface area contributed by atoms with Crippen LogP contribution in [0.25, 0.3) is 0 Å². The molecule has 0 saturated carbocycles. The van der Waals surface area contributed by atoms with Crippen molar-refractivity contribution in [1.29, 1.82) is 0 Å². The number of sulfonamides is 1. The molecule has 6 nitrogen and oxygen atoms in total. The monoisotopic (exact) mass is 258 g/mol. The van der Waals surface area contributed by atoms with E-state index in [-0.39, 0.29) is 12.3 Å². The average Bonchev–Trinajstić information content (AvgIpc) is 2.34. The van der Waals surface area contributed by atoms with Crippen molar-refractivity contribution in [3.8, 4) is 0 Å². The maximum Gasteiger partial charge on any atom is 0.211 e. The van der Waals surface area contributed by atoms with Crippen LogP contribution in [0.2, 0.25) is 0 Å². The van der Waals surface area contributed by atoms with Gasteiger partial charge >= 0.3 is 0 Å². The fraction of sp³-hybridized carbons (Fsp3) is 0.600. The van der Waals surface area contributed by atoms with Crippen molar-refractivity contribution in [3.63, 3.8) is 0 Å². The van der Waals surface area contributed by atoms with E-state index in [9.17, 15) is 8.42 Å². The Balaban J connectivity index is 2.30. The molecule has 0 amide bonds. The second-order valence-electron chi connectivity index (χ2n) is 3.55. The zero-order chi connectivity index (χ0) is 12.6. The van der Waals surface area contributed by atoms with Gasteiger partial charge in [0.1, 0.15) is 6.33 Å². The van der Waals surface area contributed by atoms with E-state index >= 15 is 0 Å². The molecule has 0 radical (unpaired) electrons. The van der Waals surface area contributed by atoms with Crippen LogP contribution in [0.5, 0.6) is 0 Å². The lowest BCUT2D eigenvalue weighted by Gasteiger charge is -2.06. The van der Waals surface area contributed by atoms with E-state index in [1.54, 1.807) is 12.3 Å². The number of rotatable bonds is 8. The van der Waals surface area contributed by atoms with Gasteiger partial charge in [0.25, 0.3) is 0 Å². The first kappa shape index (κ1) is 14.0. The Bertz CT molecular complexity index is 408. The second-order valence-corrected chi connectivity index (χ2v) is 5.47. The van der Waals surface area contributed by atoms with Crippen molar-refractivity contribution >= 4 is 10.0 Å². The Morgan fingerprint density at radius 3 is 2.88 bits per heavy atom. The molecule has 0 unspecified atom stereocenters. The highest BCUT2D eigenvalue weighted by Gasteiger charge is 2.09. The number of nitrogens with one attached hydrogen (secondary N) is 2. The summed E-state index contributed by atoms with van der Waals surface area (Å²) in [4.78, 5) is 7.70. The summed E-state index contributed by atoms with van der Waals surface area (Å²) in [7, 11) is -3.21. The van der Waals surface area contributed by atoms with Crippen molar-refractivity contribution in [3.05, 3.63) is 24.3 Å². The number of nitrogens with zero attached hydrogens (tertiary/aromatic N) is 2. The summed E-state index contributed by atoms with van der Waals surface area (Å²) in [6.07, 6.45) is 3.59. The van der Waals surface area contributed by atoms with E-state index in [2.05, 4.69) is 20.0 Å². The van der Waals surface area contributed by atoms with Gasteiger partial charge in [-0.15, -0.1) is 0 Å². The molecule has 17 heavy (non-hydrogen) atoms. The third-order valence-corrected chi connectivity index (χ3v) is 3.54. The normalized spacial score (nSPS) is 11.6. The summed E-state index contributed by atoms with van der Waals surface area (Å²) in [5.41, 5.74) is 0.662. The molecule has 0 fully saturated rings. The fourth-order valence-corrected chi connectivity index (χ4v) is 2.28. The van der Waals surface area contributed by atoms with E-state index < -0.39 is 10.0 Å². The summed E-state index contributed by atoms with van der Waals surface area (Å²) in [5.74, 6) is 0.130. The molecule has 0 aliphatic heterocycles. The zero-order valence-corrected chi connectivity index (χ0v) is 10.7. The smallest absolute Gasteiger partial charge is 0.211 e. The van der Waals surface area contributed by atoms with Gasteiger partial charge in [-0.2, -0.15) is 0 Å². The Kier molecular flexibility index (Phi) is 6.03. The predicted octanol–water partition coefficient (Wildman–Crippen LogP) is -0.104. The molecule has 1 aromatic rings. The van der Waals surface area contributed by atoms with Crippen LogP contribution in [-0.4, -0.2) is 37.2 Å². The quantitative estimate of drug-likeness (QED) is 0.636. The Hall–Kier alpha value is -1.05. The molecule has 2 N–H and O–H groups in total. The lowest BCUT2D eigenvalue weighted by Crippen LogP contribution is -2.28. The largest absolute Gasteiger partial charge is 0.317 e. The molecule has 0 aliphatic rings. The van der Waals surface area contributed by atoms with Crippen molar-refractivity contribution < 1.29 is 8.42 Å². The lowest BCUT2D eigenvalue weighted by molar-refractivity contribution is 0.574. The average molecular weight is 258 g/mol. The van der Waals surface area contributed by atoms with Gasteiger partial charge < -0.3 is 5.32 Å². The first-order valence-corrected chi connectivity index (χ1v) is 7.22. The van der Waals surface area contributed by atoms with Crippen molar-refractivity contribution in [1.82, 2.24) is 20.0 Å². The van der Waals surface area contributed by atoms with Crippen molar-refractivity contribution in [2.75, 3.05) is 18.8 Å². The highest BCUT2D eigenvalue weighted by atomic mass is 32.2. The Morgan fingerprint density at radius 1 is 1.41 bits per heavy atom. The highest BCUT2D eigenvalue weighted by molar-refractivity contribution is 7.89. The van der Waals surface area contributed by atoms with Gasteiger partial charge in [-0.05, 0) is 25.6 Å². The van der Waals surface area contributed by atoms with Crippen molar-refractivity contribution in [2.45, 2.75) is 19.9 Å². The second kappa shape index (κ2) is 7.31. The summed E-state index contributed by atoms with van der Waals surface area (Å²) < 4.78 is 25.7. The minimum atomic E-state index is -3.21. The summed E-state index contributed by atoms with van der Waals surface area (Å²) >= 11 is 0. The zero-order valence-electron chi connectivity index (χ0n) is 9.89. The van der Waals surface area contributed by atoms with Crippen LogP contribution >= 0.6 is 0 Å². The van der Waals surface area contributed by atoms with Crippen molar-refractivity contribution in [2.24, 2.45) is 0 Å². The van der Waals surface area contributed by atoms with E-state index in [1.165, 1.54) is 6.33 Å². The molecule has 0 bridgehead atoms. The van der Waals surface area contributed by atoms with E-state index in [0.717, 1.165) is 6.54 Å². The SMILES string of the molecule is CCNCCCS(=O)(=O)NCc1ccncn1. The van der Waals surface area contributed by atoms with Crippen LogP contribution < -0.4 is 10.0 Å². The van der Waals surface area contributed by atoms with E-state index in [4.69, 9.17) is 0 Å². The fourth-order valence-electron chi connectivity index (χ4n) is 1.24. The van der Waals surface area contributed by atoms with Crippen LogP contribution in [0, 0.1) is 0 Å². The minimum Gasteiger partial charge on any atom is -0.317 e. The van der Waals surface area contributed by atoms with Crippen LogP contribution in [0.4, 0.5) is 0 Å². The van der Waals surface area contributed by atoms with Crippen LogP contribution in [0.1, 0.15) is 19.0 Å². The third-order valence-electron chi connectivity index (χ3n) is 2.13. The maximum atomic E-state index is 11.6. The molecule has 96 valence electrons. The van der Waals surface area contributed by atoms with Gasteiger partial charge in [0.2, 0.25) is 10.0 Å². The first-order chi connectivity index (χ1) is 8.14. The van der Waals surface area contributed by atoms with Crippen LogP contribution in [0.15, 0.2) is 18.6 Å².